The molecule has 0 aromatic heterocycles. The van der Waals surface area contributed by atoms with Crippen LogP contribution in [0.4, 0.5) is 0 Å². The van der Waals surface area contributed by atoms with Gasteiger partial charge in [0.05, 0.1) is 6.10 Å². The van der Waals surface area contributed by atoms with Crippen LogP contribution in [0.15, 0.2) is 0 Å². The van der Waals surface area contributed by atoms with E-state index in [0.717, 1.165) is 45.2 Å². The predicted molar refractivity (Wildman–Crippen MR) is 71.3 cm³/mol. The molecule has 0 spiro atoms. The number of carbonyl (C=O) groups excluding carboxylic acids is 1. The van der Waals surface area contributed by atoms with Crippen molar-refractivity contribution in [3.05, 3.63) is 0 Å². The molecule has 2 unspecified atom stereocenters. The Bertz CT molecular complexity index is 286. The van der Waals surface area contributed by atoms with E-state index in [-0.39, 0.29) is 17.9 Å². The zero-order chi connectivity index (χ0) is 13.1. The number of piperidine rings is 1. The van der Waals surface area contributed by atoms with E-state index in [4.69, 9.17) is 0 Å². The van der Waals surface area contributed by atoms with Crippen LogP contribution in [0.3, 0.4) is 0 Å². The summed E-state index contributed by atoms with van der Waals surface area (Å²) < 4.78 is 0. The second-order valence-electron chi connectivity index (χ2n) is 5.96. The smallest absolute Gasteiger partial charge is 0.225 e. The third-order valence-corrected chi connectivity index (χ3v) is 4.48. The molecule has 0 aromatic carbocycles. The molecule has 0 bridgehead atoms. The maximum Gasteiger partial charge on any atom is 0.225 e. The molecule has 2 aliphatic rings. The molecule has 104 valence electrons. The molecule has 1 aliphatic carbocycles. The quantitative estimate of drug-likeness (QED) is 0.802. The van der Waals surface area contributed by atoms with Crippen LogP contribution in [0.1, 0.15) is 38.5 Å². The van der Waals surface area contributed by atoms with Crippen molar-refractivity contribution in [1.29, 1.82) is 0 Å². The lowest BCUT2D eigenvalue weighted by molar-refractivity contribution is -0.135. The Kier molecular flexibility index (Phi) is 4.62. The predicted octanol–water partition coefficient (Wildman–Crippen LogP) is 1.09. The summed E-state index contributed by atoms with van der Waals surface area (Å²) in [6.07, 6.45) is 6.19. The van der Waals surface area contributed by atoms with Crippen LogP contribution in [-0.2, 0) is 4.79 Å². The van der Waals surface area contributed by atoms with Gasteiger partial charge in [-0.1, -0.05) is 12.8 Å². The Morgan fingerprint density at radius 3 is 2.28 bits per heavy atom. The van der Waals surface area contributed by atoms with Gasteiger partial charge in [-0.25, -0.2) is 0 Å². The second kappa shape index (κ2) is 6.02. The number of carbonyl (C=O) groups is 1. The first-order chi connectivity index (χ1) is 8.59. The summed E-state index contributed by atoms with van der Waals surface area (Å²) in [6, 6.07) is 0.342. The van der Waals surface area contributed by atoms with Crippen LogP contribution in [-0.4, -0.2) is 60.1 Å². The Morgan fingerprint density at radius 1 is 1.11 bits per heavy atom. The van der Waals surface area contributed by atoms with Crippen molar-refractivity contribution < 1.29 is 9.90 Å². The van der Waals surface area contributed by atoms with Crippen molar-refractivity contribution >= 4 is 5.91 Å². The highest BCUT2D eigenvalue weighted by Crippen LogP contribution is 2.27. The van der Waals surface area contributed by atoms with Gasteiger partial charge in [-0.15, -0.1) is 0 Å². The molecule has 4 nitrogen and oxygen atoms in total. The van der Waals surface area contributed by atoms with E-state index in [2.05, 4.69) is 4.90 Å². The van der Waals surface area contributed by atoms with Crippen LogP contribution < -0.4 is 0 Å². The zero-order valence-corrected chi connectivity index (χ0v) is 11.6. The molecule has 0 aromatic rings. The third-order valence-electron chi connectivity index (χ3n) is 4.48. The highest BCUT2D eigenvalue weighted by Gasteiger charge is 2.33. The van der Waals surface area contributed by atoms with Crippen LogP contribution >= 0.6 is 0 Å². The Hall–Kier alpha value is -0.610. The number of amides is 1. The maximum atomic E-state index is 11.9. The normalized spacial score (nSPS) is 31.3. The van der Waals surface area contributed by atoms with Crippen LogP contribution in [0.25, 0.3) is 0 Å². The summed E-state index contributed by atoms with van der Waals surface area (Å²) in [6.45, 7) is 1.93. The number of hydrogen-bond acceptors (Lipinski definition) is 3. The summed E-state index contributed by atoms with van der Waals surface area (Å²) >= 11 is 0. The molecule has 1 heterocycles. The van der Waals surface area contributed by atoms with Crippen molar-refractivity contribution in [2.75, 3.05) is 27.2 Å². The van der Waals surface area contributed by atoms with Gasteiger partial charge < -0.3 is 10.0 Å². The summed E-state index contributed by atoms with van der Waals surface area (Å²) in [5.74, 6) is 0.454. The summed E-state index contributed by atoms with van der Waals surface area (Å²) in [5, 5.41) is 10.1. The van der Waals surface area contributed by atoms with Crippen LogP contribution in [0, 0.1) is 5.92 Å². The van der Waals surface area contributed by atoms with E-state index in [9.17, 15) is 9.90 Å². The van der Waals surface area contributed by atoms with Crippen molar-refractivity contribution in [2.24, 2.45) is 5.92 Å². The molecule has 4 heteroatoms. The monoisotopic (exact) mass is 254 g/mol. The van der Waals surface area contributed by atoms with Gasteiger partial charge in [0, 0.05) is 26.1 Å². The molecular formula is C14H26N2O2. The number of aliphatic hydroxyl groups excluding tert-OH is 1. The van der Waals surface area contributed by atoms with Crippen LogP contribution in [0.5, 0.6) is 0 Å². The average molecular weight is 254 g/mol. The minimum Gasteiger partial charge on any atom is -0.391 e. The van der Waals surface area contributed by atoms with E-state index >= 15 is 0 Å². The highest BCUT2D eigenvalue weighted by atomic mass is 16.3. The van der Waals surface area contributed by atoms with Crippen LogP contribution in [0.2, 0.25) is 0 Å². The average Bonchev–Trinajstić information content (AvgIpc) is 2.38. The topological polar surface area (TPSA) is 43.8 Å². The fraction of sp³-hybridized carbons (Fsp3) is 0.929. The van der Waals surface area contributed by atoms with Gasteiger partial charge in [0.25, 0.3) is 0 Å². The van der Waals surface area contributed by atoms with E-state index < -0.39 is 0 Å². The standard InChI is InChI=1S/C14H26N2O2/c1-15(2)14(18)11-7-9-16(10-8-11)12-5-3-4-6-13(12)17/h11-13,17H,3-10H2,1-2H3. The minimum atomic E-state index is -0.153. The lowest BCUT2D eigenvalue weighted by atomic mass is 9.88. The van der Waals surface area contributed by atoms with Gasteiger partial charge in [0.2, 0.25) is 5.91 Å². The molecular weight excluding hydrogens is 228 g/mol. The number of aliphatic hydroxyl groups is 1. The number of hydrogen-bond donors (Lipinski definition) is 1. The van der Waals surface area contributed by atoms with Crippen molar-refractivity contribution in [1.82, 2.24) is 9.80 Å². The largest absolute Gasteiger partial charge is 0.391 e. The third kappa shape index (κ3) is 3.04. The first kappa shape index (κ1) is 13.8. The number of nitrogens with zero attached hydrogens (tertiary/aromatic N) is 2. The lowest BCUT2D eigenvalue weighted by Crippen LogP contribution is -2.50. The van der Waals surface area contributed by atoms with E-state index in [1.807, 2.05) is 14.1 Å². The SMILES string of the molecule is CN(C)C(=O)C1CCN(C2CCCCC2O)CC1. The minimum absolute atomic E-state index is 0.153. The Morgan fingerprint density at radius 2 is 1.72 bits per heavy atom. The Labute approximate surface area is 110 Å². The number of rotatable bonds is 2. The molecule has 1 amide bonds. The fourth-order valence-corrected chi connectivity index (χ4v) is 3.36. The van der Waals surface area contributed by atoms with Gasteiger partial charge in [-0.3, -0.25) is 9.69 Å². The van der Waals surface area contributed by atoms with Crippen molar-refractivity contribution in [3.8, 4) is 0 Å². The lowest BCUT2D eigenvalue weighted by Gasteiger charge is -2.41. The van der Waals surface area contributed by atoms with Gasteiger partial charge in [-0.2, -0.15) is 0 Å². The van der Waals surface area contributed by atoms with Gasteiger partial charge in [0.15, 0.2) is 0 Å². The summed E-state index contributed by atoms with van der Waals surface area (Å²) in [5.41, 5.74) is 0. The van der Waals surface area contributed by atoms with E-state index in [1.54, 1.807) is 4.90 Å². The summed E-state index contributed by atoms with van der Waals surface area (Å²) in [4.78, 5) is 16.0. The molecule has 1 N–H and O–H groups in total. The molecule has 1 saturated carbocycles. The molecule has 2 rings (SSSR count). The highest BCUT2D eigenvalue weighted by molar-refractivity contribution is 5.78. The van der Waals surface area contributed by atoms with Crippen molar-refractivity contribution in [3.63, 3.8) is 0 Å². The molecule has 2 fully saturated rings. The molecule has 1 aliphatic heterocycles. The molecule has 18 heavy (non-hydrogen) atoms. The Balaban J connectivity index is 1.84. The fourth-order valence-electron chi connectivity index (χ4n) is 3.36. The summed E-state index contributed by atoms with van der Waals surface area (Å²) in [7, 11) is 3.67. The first-order valence-corrected chi connectivity index (χ1v) is 7.23. The molecule has 1 saturated heterocycles. The van der Waals surface area contributed by atoms with Gasteiger partial charge in [0.1, 0.15) is 0 Å². The molecule has 0 radical (unpaired) electrons. The van der Waals surface area contributed by atoms with E-state index in [0.29, 0.717) is 6.04 Å². The molecule has 2 atom stereocenters. The second-order valence-corrected chi connectivity index (χ2v) is 5.96. The zero-order valence-electron chi connectivity index (χ0n) is 11.6. The van der Waals surface area contributed by atoms with Crippen molar-refractivity contribution in [2.45, 2.75) is 50.7 Å². The number of likely N-dealkylation sites (tertiary alicyclic amines) is 1. The maximum absolute atomic E-state index is 11.9. The van der Waals surface area contributed by atoms with Gasteiger partial charge >= 0.3 is 0 Å². The first-order valence-electron chi connectivity index (χ1n) is 7.23. The van der Waals surface area contributed by atoms with E-state index in [1.165, 1.54) is 6.42 Å². The van der Waals surface area contributed by atoms with Gasteiger partial charge in [-0.05, 0) is 38.8 Å².